The average molecular weight is 502 g/mol. The molecule has 2 unspecified atom stereocenters. The Morgan fingerprint density at radius 2 is 1.89 bits per heavy atom. The number of aliphatic imine (C=N–C) groups is 1. The van der Waals surface area contributed by atoms with Crippen molar-refractivity contribution in [1.82, 2.24) is 15.5 Å². The van der Waals surface area contributed by atoms with Crippen molar-refractivity contribution >= 4 is 29.9 Å². The van der Waals surface area contributed by atoms with Crippen LogP contribution in [0.4, 0.5) is 0 Å². The molecule has 1 saturated heterocycles. The van der Waals surface area contributed by atoms with Crippen LogP contribution in [-0.4, -0.2) is 58.2 Å². The number of hydrogen-bond acceptors (Lipinski definition) is 3. The van der Waals surface area contributed by atoms with E-state index >= 15 is 0 Å². The molecule has 0 radical (unpaired) electrons. The highest BCUT2D eigenvalue weighted by atomic mass is 127. The minimum Gasteiger partial charge on any atom is -0.373 e. The van der Waals surface area contributed by atoms with Gasteiger partial charge in [-0.2, -0.15) is 0 Å². The number of guanidine groups is 1. The molecule has 1 fully saturated rings. The van der Waals surface area contributed by atoms with Gasteiger partial charge in [0.2, 0.25) is 0 Å². The van der Waals surface area contributed by atoms with E-state index < -0.39 is 0 Å². The zero-order valence-corrected chi connectivity index (χ0v) is 20.7. The summed E-state index contributed by atoms with van der Waals surface area (Å²) in [6.07, 6.45) is 2.46. The second-order valence-electron chi connectivity index (χ2n) is 8.81. The standard InChI is InChI=1S/C22H38N4O.HI/c1-17-9-11-18(12-10-17)20-19(8-7-13-27-20)14-24-21(23-4)25-15-22(2,3)16-26(5)6;/h9-12,19-20H,7-8,13-16H2,1-6H3,(H2,23,24,25);1H. The molecule has 0 spiro atoms. The van der Waals surface area contributed by atoms with E-state index in [-0.39, 0.29) is 35.5 Å². The SMILES string of the molecule is CN=C(NCC1CCCOC1c1ccc(C)cc1)NCC(C)(C)CN(C)C.I. The van der Waals surface area contributed by atoms with Gasteiger partial charge in [0.25, 0.3) is 0 Å². The molecular weight excluding hydrogens is 463 g/mol. The summed E-state index contributed by atoms with van der Waals surface area (Å²) in [6, 6.07) is 8.75. The topological polar surface area (TPSA) is 48.9 Å². The van der Waals surface area contributed by atoms with Crippen molar-refractivity contribution in [3.05, 3.63) is 35.4 Å². The van der Waals surface area contributed by atoms with Crippen LogP contribution in [0.15, 0.2) is 29.3 Å². The van der Waals surface area contributed by atoms with Gasteiger partial charge in [-0.3, -0.25) is 4.99 Å². The lowest BCUT2D eigenvalue weighted by Gasteiger charge is -2.33. The quantitative estimate of drug-likeness (QED) is 0.338. The van der Waals surface area contributed by atoms with Crippen molar-refractivity contribution < 1.29 is 4.74 Å². The van der Waals surface area contributed by atoms with Gasteiger partial charge in [0, 0.05) is 39.2 Å². The number of nitrogens with zero attached hydrogens (tertiary/aromatic N) is 2. The molecule has 0 bridgehead atoms. The molecule has 1 aliphatic rings. The molecule has 28 heavy (non-hydrogen) atoms. The van der Waals surface area contributed by atoms with Crippen LogP contribution >= 0.6 is 24.0 Å². The summed E-state index contributed by atoms with van der Waals surface area (Å²) in [6.45, 7) is 10.3. The van der Waals surface area contributed by atoms with Gasteiger partial charge >= 0.3 is 0 Å². The van der Waals surface area contributed by atoms with Crippen LogP contribution in [-0.2, 0) is 4.74 Å². The molecule has 0 saturated carbocycles. The zero-order chi connectivity index (χ0) is 19.9. The Balaban J connectivity index is 0.00000392. The summed E-state index contributed by atoms with van der Waals surface area (Å²) in [5.41, 5.74) is 2.75. The van der Waals surface area contributed by atoms with E-state index in [9.17, 15) is 0 Å². The second-order valence-corrected chi connectivity index (χ2v) is 8.81. The van der Waals surface area contributed by atoms with Crippen molar-refractivity contribution in [2.24, 2.45) is 16.3 Å². The van der Waals surface area contributed by atoms with E-state index in [0.717, 1.165) is 38.6 Å². The van der Waals surface area contributed by atoms with Crippen LogP contribution in [0.25, 0.3) is 0 Å². The maximum Gasteiger partial charge on any atom is 0.191 e. The number of nitrogens with one attached hydrogen (secondary N) is 2. The van der Waals surface area contributed by atoms with Crippen LogP contribution < -0.4 is 10.6 Å². The average Bonchev–Trinajstić information content (AvgIpc) is 2.62. The highest BCUT2D eigenvalue weighted by molar-refractivity contribution is 14.0. The molecule has 0 aromatic heterocycles. The fourth-order valence-corrected chi connectivity index (χ4v) is 3.86. The van der Waals surface area contributed by atoms with E-state index in [1.165, 1.54) is 17.5 Å². The minimum absolute atomic E-state index is 0. The number of aryl methyl sites for hydroxylation is 1. The fourth-order valence-electron chi connectivity index (χ4n) is 3.86. The second kappa shape index (κ2) is 12.0. The van der Waals surface area contributed by atoms with Crippen molar-refractivity contribution in [3.63, 3.8) is 0 Å². The molecule has 1 heterocycles. The van der Waals surface area contributed by atoms with E-state index in [4.69, 9.17) is 4.74 Å². The Labute approximate surface area is 188 Å². The van der Waals surface area contributed by atoms with Gasteiger partial charge in [-0.1, -0.05) is 43.7 Å². The molecule has 2 atom stereocenters. The Hall–Kier alpha value is -0.860. The summed E-state index contributed by atoms with van der Waals surface area (Å²) < 4.78 is 6.13. The number of benzene rings is 1. The van der Waals surface area contributed by atoms with Gasteiger partial charge in [0.05, 0.1) is 6.10 Å². The van der Waals surface area contributed by atoms with Crippen LogP contribution in [0.5, 0.6) is 0 Å². The molecule has 0 aliphatic carbocycles. The predicted octanol–water partition coefficient (Wildman–Crippen LogP) is 3.83. The molecule has 2 N–H and O–H groups in total. The van der Waals surface area contributed by atoms with Crippen molar-refractivity contribution in [3.8, 4) is 0 Å². The van der Waals surface area contributed by atoms with E-state index in [1.807, 2.05) is 7.05 Å². The molecule has 1 aromatic carbocycles. The molecule has 5 nitrogen and oxygen atoms in total. The molecule has 2 rings (SSSR count). The molecule has 6 heteroatoms. The lowest BCUT2D eigenvalue weighted by molar-refractivity contribution is -0.0265. The summed E-state index contributed by atoms with van der Waals surface area (Å²) >= 11 is 0. The Bertz CT molecular complexity index is 601. The summed E-state index contributed by atoms with van der Waals surface area (Å²) in [4.78, 5) is 6.63. The van der Waals surface area contributed by atoms with Gasteiger partial charge in [-0.25, -0.2) is 0 Å². The molecule has 1 aromatic rings. The smallest absolute Gasteiger partial charge is 0.191 e. The first kappa shape index (κ1) is 25.2. The van der Waals surface area contributed by atoms with Crippen LogP contribution in [0.3, 0.4) is 0 Å². The van der Waals surface area contributed by atoms with Crippen molar-refractivity contribution in [2.75, 3.05) is 47.4 Å². The number of rotatable bonds is 7. The summed E-state index contributed by atoms with van der Waals surface area (Å²) in [7, 11) is 6.06. The largest absolute Gasteiger partial charge is 0.373 e. The van der Waals surface area contributed by atoms with Gasteiger partial charge in [0.1, 0.15) is 0 Å². The highest BCUT2D eigenvalue weighted by Gasteiger charge is 2.27. The van der Waals surface area contributed by atoms with Gasteiger partial charge in [0.15, 0.2) is 5.96 Å². The lowest BCUT2D eigenvalue weighted by Crippen LogP contribution is -2.46. The van der Waals surface area contributed by atoms with Crippen LogP contribution in [0.1, 0.15) is 43.9 Å². The summed E-state index contributed by atoms with van der Waals surface area (Å²) in [5.74, 6) is 1.32. The first-order valence-corrected chi connectivity index (χ1v) is 10.1. The third-order valence-corrected chi connectivity index (χ3v) is 5.08. The first-order valence-electron chi connectivity index (χ1n) is 10.1. The van der Waals surface area contributed by atoms with Crippen molar-refractivity contribution in [1.29, 1.82) is 0 Å². The van der Waals surface area contributed by atoms with E-state index in [2.05, 4.69) is 79.7 Å². The molecule has 0 amide bonds. The molecule has 160 valence electrons. The maximum absolute atomic E-state index is 6.13. The molecular formula is C22H39IN4O. The Kier molecular flexibility index (Phi) is 10.8. The van der Waals surface area contributed by atoms with Crippen molar-refractivity contribution in [2.45, 2.75) is 39.7 Å². The predicted molar refractivity (Wildman–Crippen MR) is 130 cm³/mol. The fraction of sp³-hybridized carbons (Fsp3) is 0.682. The van der Waals surface area contributed by atoms with Crippen LogP contribution in [0.2, 0.25) is 0 Å². The molecule has 1 aliphatic heterocycles. The monoisotopic (exact) mass is 502 g/mol. The third-order valence-electron chi connectivity index (χ3n) is 5.08. The number of hydrogen-bond donors (Lipinski definition) is 2. The van der Waals surface area contributed by atoms with Crippen LogP contribution in [0, 0.1) is 18.3 Å². The lowest BCUT2D eigenvalue weighted by atomic mass is 9.89. The van der Waals surface area contributed by atoms with Gasteiger partial charge in [-0.05, 0) is 44.8 Å². The Morgan fingerprint density at radius 3 is 2.50 bits per heavy atom. The van der Waals surface area contributed by atoms with Gasteiger partial charge in [-0.15, -0.1) is 24.0 Å². The van der Waals surface area contributed by atoms with E-state index in [1.54, 1.807) is 0 Å². The number of ether oxygens (including phenoxy) is 1. The Morgan fingerprint density at radius 1 is 1.21 bits per heavy atom. The van der Waals surface area contributed by atoms with Gasteiger partial charge < -0.3 is 20.3 Å². The normalized spacial score (nSPS) is 20.6. The summed E-state index contributed by atoms with van der Waals surface area (Å²) in [5, 5.41) is 7.01. The minimum atomic E-state index is 0. The number of halogens is 1. The highest BCUT2D eigenvalue weighted by Crippen LogP contribution is 2.33. The maximum atomic E-state index is 6.13. The first-order chi connectivity index (χ1) is 12.8. The van der Waals surface area contributed by atoms with E-state index in [0.29, 0.717) is 5.92 Å². The third kappa shape index (κ3) is 8.25. The zero-order valence-electron chi connectivity index (χ0n) is 18.4.